The number of methoxy groups -OCH3 is 1. The van der Waals surface area contributed by atoms with Crippen LogP contribution in [0.2, 0.25) is 18.6 Å². The first-order chi connectivity index (χ1) is 20.7. The van der Waals surface area contributed by atoms with Gasteiger partial charge in [0.05, 0.1) is 45.2 Å². The molecule has 224 valence electrons. The number of aliphatic hydroxyl groups is 1. The Morgan fingerprint density at radius 1 is 1.05 bits per heavy atom. The Hall–Kier alpha value is -3.79. The number of hydrogen-bond acceptors (Lipinski definition) is 6. The normalized spacial score (nSPS) is 24.0. The van der Waals surface area contributed by atoms with Gasteiger partial charge in [-0.2, -0.15) is 0 Å². The van der Waals surface area contributed by atoms with Crippen LogP contribution < -0.4 is 14.8 Å². The molecule has 6 rings (SSSR count). The highest BCUT2D eigenvalue weighted by atomic mass is 28.3. The van der Waals surface area contributed by atoms with Crippen molar-refractivity contribution >= 4 is 24.9 Å². The molecule has 0 radical (unpaired) electrons. The molecule has 3 aromatic carbocycles. The first-order valence-corrected chi connectivity index (χ1v) is 18.1. The second-order valence-electron chi connectivity index (χ2n) is 12.4. The number of benzene rings is 3. The molecule has 2 aliphatic rings. The van der Waals surface area contributed by atoms with E-state index in [0.717, 1.165) is 28.3 Å². The van der Waals surface area contributed by atoms with Gasteiger partial charge in [0, 0.05) is 31.3 Å². The molecule has 9 heteroatoms. The van der Waals surface area contributed by atoms with Crippen LogP contribution >= 0.6 is 0 Å². The van der Waals surface area contributed by atoms with Crippen LogP contribution in [0.5, 0.6) is 5.75 Å². The molecule has 1 saturated heterocycles. The van der Waals surface area contributed by atoms with E-state index >= 15 is 0 Å². The summed E-state index contributed by atoms with van der Waals surface area (Å²) in [4.78, 5) is 15.9. The summed E-state index contributed by atoms with van der Waals surface area (Å²) < 4.78 is 14.4. The number of nitrogens with zero attached hydrogens (tertiary/aromatic N) is 4. The summed E-state index contributed by atoms with van der Waals surface area (Å²) in [6, 6.07) is 26.3. The Labute approximate surface area is 254 Å². The highest BCUT2D eigenvalue weighted by molar-refractivity contribution is 6.91. The van der Waals surface area contributed by atoms with E-state index in [4.69, 9.17) is 9.47 Å². The lowest BCUT2D eigenvalue weighted by Gasteiger charge is -2.37. The van der Waals surface area contributed by atoms with Crippen molar-refractivity contribution in [2.75, 3.05) is 25.7 Å². The van der Waals surface area contributed by atoms with E-state index in [2.05, 4.69) is 48.5 Å². The topological polar surface area (TPSA) is 89.7 Å². The van der Waals surface area contributed by atoms with Gasteiger partial charge in [-0.1, -0.05) is 91.1 Å². The van der Waals surface area contributed by atoms with Crippen LogP contribution in [0.4, 0.5) is 5.69 Å². The van der Waals surface area contributed by atoms with Gasteiger partial charge < -0.3 is 19.5 Å². The molecule has 0 aliphatic carbocycles. The molecule has 0 saturated carbocycles. The highest BCUT2D eigenvalue weighted by Crippen LogP contribution is 2.59. The van der Waals surface area contributed by atoms with Gasteiger partial charge in [-0.25, -0.2) is 0 Å². The van der Waals surface area contributed by atoms with Gasteiger partial charge >= 0.3 is 0 Å². The molecule has 1 unspecified atom stereocenters. The smallest absolute Gasteiger partial charge is 0.264 e. The largest absolute Gasteiger partial charge is 0.497 e. The predicted octanol–water partition coefficient (Wildman–Crippen LogP) is 4.69. The van der Waals surface area contributed by atoms with Gasteiger partial charge in [-0.15, -0.1) is 5.10 Å². The highest BCUT2D eigenvalue weighted by Gasteiger charge is 2.65. The summed E-state index contributed by atoms with van der Waals surface area (Å²) in [7, 11) is 1.33. The van der Waals surface area contributed by atoms with E-state index in [1.54, 1.807) is 12.0 Å². The molecule has 8 nitrogen and oxygen atoms in total. The van der Waals surface area contributed by atoms with Gasteiger partial charge in [-0.05, 0) is 35.7 Å². The summed E-state index contributed by atoms with van der Waals surface area (Å²) in [5.41, 5.74) is 2.74. The lowest BCUT2D eigenvalue weighted by Crippen LogP contribution is -2.51. The number of aromatic nitrogens is 3. The first-order valence-electron chi connectivity index (χ1n) is 15.0. The van der Waals surface area contributed by atoms with Crippen LogP contribution in [-0.2, 0) is 21.7 Å². The predicted molar refractivity (Wildman–Crippen MR) is 169 cm³/mol. The number of hydrogen-bond donors (Lipinski definition) is 1. The monoisotopic (exact) mass is 596 g/mol. The molecule has 1 spiro atoms. The SMILES string of the molecule is COc1ccc([Si](C)(C)[C@@H]2[C@@H](CCn3cc(C(CO)c4ccccc4)nn3)O[C@]3(C(=O)N(C)c4ccccc43)[C@H]2C)cc1. The van der Waals surface area contributed by atoms with Crippen molar-refractivity contribution in [3.05, 3.63) is 102 Å². The Morgan fingerprint density at radius 3 is 2.44 bits per heavy atom. The molecule has 1 fully saturated rings. The summed E-state index contributed by atoms with van der Waals surface area (Å²) in [5.74, 6) is 0.559. The minimum Gasteiger partial charge on any atom is -0.497 e. The molecule has 1 amide bonds. The van der Waals surface area contributed by atoms with Crippen molar-refractivity contribution < 1.29 is 19.4 Å². The number of carbonyl (C=O) groups excluding carboxylic acids is 1. The fraction of sp³-hybridized carbons (Fsp3) is 0.382. The van der Waals surface area contributed by atoms with E-state index in [-0.39, 0.29) is 36.0 Å². The maximum absolute atomic E-state index is 14.1. The minimum atomic E-state index is -2.21. The number of fused-ring (bicyclic) bond motifs is 2. The van der Waals surface area contributed by atoms with E-state index in [1.807, 2.05) is 78.6 Å². The molecule has 1 aromatic heterocycles. The zero-order valence-electron chi connectivity index (χ0n) is 25.5. The molecule has 1 N–H and O–H groups in total. The zero-order chi connectivity index (χ0) is 30.4. The number of likely N-dealkylation sites (N-methyl/N-ethyl adjacent to an activating group) is 1. The second kappa shape index (κ2) is 11.4. The van der Waals surface area contributed by atoms with Crippen molar-refractivity contribution in [3.63, 3.8) is 0 Å². The molecule has 3 heterocycles. The molecule has 4 aromatic rings. The number of para-hydroxylation sites is 1. The Bertz CT molecular complexity index is 1590. The third-order valence-electron chi connectivity index (χ3n) is 9.81. The maximum atomic E-state index is 14.1. The fourth-order valence-electron chi connectivity index (χ4n) is 7.54. The Kier molecular flexibility index (Phi) is 7.74. The van der Waals surface area contributed by atoms with Crippen LogP contribution in [0.15, 0.2) is 85.1 Å². The van der Waals surface area contributed by atoms with E-state index in [9.17, 15) is 9.90 Å². The Balaban J connectivity index is 1.33. The van der Waals surface area contributed by atoms with Crippen molar-refractivity contribution in [1.82, 2.24) is 15.0 Å². The van der Waals surface area contributed by atoms with Crippen molar-refractivity contribution in [2.24, 2.45) is 5.92 Å². The minimum absolute atomic E-state index is 0.00456. The zero-order valence-corrected chi connectivity index (χ0v) is 26.5. The number of ether oxygens (including phenoxy) is 2. The molecule has 43 heavy (non-hydrogen) atoms. The van der Waals surface area contributed by atoms with Crippen molar-refractivity contribution in [2.45, 2.75) is 56.1 Å². The molecular formula is C34H40N4O4Si. The van der Waals surface area contributed by atoms with Gasteiger partial charge in [-0.3, -0.25) is 9.48 Å². The summed E-state index contributed by atoms with van der Waals surface area (Å²) in [6.07, 6.45) is 2.44. The third-order valence-corrected chi connectivity index (χ3v) is 14.2. The standard InChI is InChI=1S/C34H40N4O4Si/c1-23-32(43(4,5)26-17-15-25(41-3)16-18-26)31(42-34(23)28-13-9-10-14-30(28)37(2)33(34)40)19-20-38-21-29(35-36-38)27(22-39)24-11-7-6-8-12-24/h6-18,21,23,27,31-32,39H,19-20,22H2,1-5H3/t23-,27?,31+,32-,34+/m0/s1. The van der Waals surface area contributed by atoms with Crippen LogP contribution in [-0.4, -0.2) is 60.9 Å². The number of amides is 1. The van der Waals surface area contributed by atoms with Crippen molar-refractivity contribution in [1.29, 1.82) is 0 Å². The number of aliphatic hydroxyl groups excluding tert-OH is 1. The van der Waals surface area contributed by atoms with Crippen LogP contribution in [0.25, 0.3) is 0 Å². The third kappa shape index (κ3) is 4.79. The number of carbonyl (C=O) groups is 1. The summed E-state index contributed by atoms with van der Waals surface area (Å²) in [6.45, 7) is 7.52. The average molecular weight is 597 g/mol. The van der Waals surface area contributed by atoms with Crippen LogP contribution in [0, 0.1) is 5.92 Å². The first kappa shape index (κ1) is 29.3. The molecule has 0 bridgehead atoms. The summed E-state index contributed by atoms with van der Waals surface area (Å²) in [5, 5.41) is 20.3. The Morgan fingerprint density at radius 2 is 1.74 bits per heavy atom. The van der Waals surface area contributed by atoms with Gasteiger partial charge in [0.1, 0.15) is 5.75 Å². The quantitative estimate of drug-likeness (QED) is 0.282. The number of rotatable bonds is 9. The molecule has 5 atom stereocenters. The lowest BCUT2D eigenvalue weighted by atomic mass is 9.82. The van der Waals surface area contributed by atoms with Crippen molar-refractivity contribution in [3.8, 4) is 5.75 Å². The van der Waals surface area contributed by atoms with Gasteiger partial charge in [0.25, 0.3) is 5.91 Å². The van der Waals surface area contributed by atoms with Crippen LogP contribution in [0.1, 0.15) is 36.1 Å². The maximum Gasteiger partial charge on any atom is 0.264 e. The lowest BCUT2D eigenvalue weighted by molar-refractivity contribution is -0.145. The van der Waals surface area contributed by atoms with E-state index in [0.29, 0.717) is 13.0 Å². The second-order valence-corrected chi connectivity index (χ2v) is 17.1. The van der Waals surface area contributed by atoms with E-state index < -0.39 is 13.7 Å². The fourth-order valence-corrected chi connectivity index (χ4v) is 11.6. The summed E-state index contributed by atoms with van der Waals surface area (Å²) >= 11 is 0. The van der Waals surface area contributed by atoms with Crippen LogP contribution in [0.3, 0.4) is 0 Å². The average Bonchev–Trinajstić information content (AvgIpc) is 3.68. The van der Waals surface area contributed by atoms with Gasteiger partial charge in [0.2, 0.25) is 0 Å². The molecular weight excluding hydrogens is 556 g/mol. The number of aryl methyl sites for hydroxylation is 1. The number of anilines is 1. The van der Waals surface area contributed by atoms with Gasteiger partial charge in [0.15, 0.2) is 5.60 Å². The molecule has 2 aliphatic heterocycles. The van der Waals surface area contributed by atoms with E-state index in [1.165, 1.54) is 5.19 Å².